The molecule has 0 radical (unpaired) electrons. The molecule has 1 saturated heterocycles. The van der Waals surface area contributed by atoms with Gasteiger partial charge in [-0.3, -0.25) is 24.4 Å². The summed E-state index contributed by atoms with van der Waals surface area (Å²) in [5.41, 5.74) is 0. The summed E-state index contributed by atoms with van der Waals surface area (Å²) in [4.78, 5) is 22.7. The first-order valence-corrected chi connectivity index (χ1v) is 42.2. The number of unbranched alkanes of at least 4 members (excludes halogenated alkanes) is 32. The van der Waals surface area contributed by atoms with E-state index in [1.54, 1.807) is 0 Å². The SMILES string of the molecule is CCCCC/C=C\C/C=C\CCCCCC[C@@H](O)CN(C[C@H](O)CCCCCC/C=C\C/C=C\CCCCC)C(C)CCC(=O)OCCN1CCN(CCSSCCCN(CC(O)CCCCCCCCCCCC)CC(O)CCCCCCCCCCCC)CC1. The normalized spacial score (nSPS) is 15.4. The maximum Gasteiger partial charge on any atom is 0.305 e. The molecule has 0 aliphatic carbocycles. The molecule has 92 heavy (non-hydrogen) atoms. The van der Waals surface area contributed by atoms with Crippen molar-refractivity contribution >= 4 is 27.6 Å². The number of piperazine rings is 1. The molecule has 0 aromatic heterocycles. The second kappa shape index (κ2) is 69.7. The molecule has 1 aliphatic heterocycles. The molecule has 0 amide bonds. The minimum atomic E-state index is -0.457. The Labute approximate surface area is 579 Å². The smallest absolute Gasteiger partial charge is 0.305 e. The number of hydrogen-bond acceptors (Lipinski definition) is 12. The minimum absolute atomic E-state index is 0.0420. The van der Waals surface area contributed by atoms with Gasteiger partial charge in [-0.1, -0.05) is 291 Å². The van der Waals surface area contributed by atoms with E-state index in [-0.39, 0.29) is 24.2 Å². The van der Waals surface area contributed by atoms with Gasteiger partial charge in [0.05, 0.1) is 24.4 Å². The van der Waals surface area contributed by atoms with Crippen molar-refractivity contribution in [3.63, 3.8) is 0 Å². The molecule has 542 valence electrons. The van der Waals surface area contributed by atoms with Crippen LogP contribution in [-0.2, 0) is 9.53 Å². The molecule has 1 rings (SSSR count). The Balaban J connectivity index is 2.49. The summed E-state index contributed by atoms with van der Waals surface area (Å²) in [6.07, 6.45) is 71.8. The van der Waals surface area contributed by atoms with Gasteiger partial charge in [0, 0.05) is 89.4 Å². The Morgan fingerprint density at radius 2 is 0.728 bits per heavy atom. The van der Waals surface area contributed by atoms with Crippen molar-refractivity contribution in [2.75, 3.05) is 90.1 Å². The number of carbonyl (C=O) groups excluding carboxylic acids is 1. The van der Waals surface area contributed by atoms with Gasteiger partial charge in [-0.25, -0.2) is 0 Å². The zero-order chi connectivity index (χ0) is 66.7. The highest BCUT2D eigenvalue weighted by atomic mass is 33.1. The quantitative estimate of drug-likeness (QED) is 0.0201. The van der Waals surface area contributed by atoms with Crippen molar-refractivity contribution in [1.82, 2.24) is 19.6 Å². The molecule has 0 aromatic carbocycles. The van der Waals surface area contributed by atoms with Crippen LogP contribution in [0.4, 0.5) is 0 Å². The van der Waals surface area contributed by atoms with Crippen LogP contribution in [-0.4, -0.2) is 167 Å². The minimum Gasteiger partial charge on any atom is -0.464 e. The number of nitrogens with zero attached hydrogens (tertiary/aromatic N) is 4. The van der Waals surface area contributed by atoms with Crippen molar-refractivity contribution in [2.24, 2.45) is 0 Å². The van der Waals surface area contributed by atoms with E-state index in [4.69, 9.17) is 4.74 Å². The van der Waals surface area contributed by atoms with Crippen LogP contribution in [0.25, 0.3) is 0 Å². The third kappa shape index (κ3) is 61.2. The Bertz CT molecular complexity index is 1560. The van der Waals surface area contributed by atoms with Gasteiger partial charge in [-0.2, -0.15) is 0 Å². The lowest BCUT2D eigenvalue weighted by Crippen LogP contribution is -2.47. The Kier molecular flexibility index (Phi) is 67.3. The van der Waals surface area contributed by atoms with Crippen LogP contribution in [0.3, 0.4) is 0 Å². The molecule has 4 N–H and O–H groups in total. The molecule has 1 heterocycles. The van der Waals surface area contributed by atoms with Gasteiger partial charge < -0.3 is 25.2 Å². The van der Waals surface area contributed by atoms with Crippen molar-refractivity contribution in [2.45, 2.75) is 367 Å². The Morgan fingerprint density at radius 3 is 1.13 bits per heavy atom. The fourth-order valence-corrected chi connectivity index (χ4v) is 14.8. The van der Waals surface area contributed by atoms with E-state index < -0.39 is 12.2 Å². The number of allylic oxidation sites excluding steroid dienone is 8. The monoisotopic (exact) mass is 1330 g/mol. The first-order chi connectivity index (χ1) is 45.1. The number of aliphatic hydroxyl groups excluding tert-OH is 4. The average molecular weight is 1330 g/mol. The van der Waals surface area contributed by atoms with E-state index in [9.17, 15) is 25.2 Å². The van der Waals surface area contributed by atoms with Crippen molar-refractivity contribution < 1.29 is 30.0 Å². The average Bonchev–Trinajstić information content (AvgIpc) is 3.33. The maximum absolute atomic E-state index is 13.1. The standard InChI is InChI=1S/C80H154N4O6S2/c1-6-10-14-18-22-26-30-32-34-36-40-44-48-52-57-78(87)73-84(74-79(88)58-53-49-45-41-37-35-33-31-27-23-19-15-11-7-2)75(5)59-60-80(89)90-68-66-81-62-64-82(65-63-81)67-70-92-91-69-54-61-83(71-76(85)55-50-46-42-38-28-24-20-16-12-8-3)72-77(86)56-51-47-43-39-29-25-21-17-13-9-4/h22-23,26-27,32-35,75-79,85-88H,6-21,24-25,28-31,36-74H2,1-5H3/b26-22-,27-23-,34-32-,35-33-/t75?,76?,77?,78-,79-/m1/s1. The van der Waals surface area contributed by atoms with Crippen LogP contribution in [0.5, 0.6) is 0 Å². The molecule has 0 aromatic rings. The van der Waals surface area contributed by atoms with E-state index in [0.717, 1.165) is 154 Å². The molecular formula is C80H154N4O6S2. The zero-order valence-electron chi connectivity index (χ0n) is 61.3. The van der Waals surface area contributed by atoms with Crippen molar-refractivity contribution in [3.8, 4) is 0 Å². The van der Waals surface area contributed by atoms with Gasteiger partial charge in [0.2, 0.25) is 0 Å². The van der Waals surface area contributed by atoms with Gasteiger partial charge in [0.1, 0.15) is 6.61 Å². The molecule has 1 aliphatic rings. The fourth-order valence-electron chi connectivity index (χ4n) is 12.7. The molecule has 1 fully saturated rings. The molecule has 5 atom stereocenters. The number of rotatable bonds is 71. The summed E-state index contributed by atoms with van der Waals surface area (Å²) < 4.78 is 5.82. The van der Waals surface area contributed by atoms with Crippen LogP contribution in [0.15, 0.2) is 48.6 Å². The summed E-state index contributed by atoms with van der Waals surface area (Å²) in [5.74, 6) is 2.02. The van der Waals surface area contributed by atoms with Gasteiger partial charge in [-0.15, -0.1) is 0 Å². The molecule has 0 saturated carbocycles. The number of aliphatic hydroxyl groups is 4. The van der Waals surface area contributed by atoms with E-state index in [1.807, 2.05) is 21.6 Å². The number of hydrogen-bond donors (Lipinski definition) is 4. The van der Waals surface area contributed by atoms with E-state index in [1.165, 1.54) is 193 Å². The second-order valence-electron chi connectivity index (χ2n) is 27.9. The summed E-state index contributed by atoms with van der Waals surface area (Å²) in [7, 11) is 3.95. The maximum atomic E-state index is 13.1. The second-order valence-corrected chi connectivity index (χ2v) is 30.6. The Hall–Kier alpha value is -1.19. The lowest BCUT2D eigenvalue weighted by Gasteiger charge is -2.34. The van der Waals surface area contributed by atoms with Crippen molar-refractivity contribution in [1.29, 1.82) is 0 Å². The third-order valence-corrected chi connectivity index (χ3v) is 21.4. The molecule has 3 unspecified atom stereocenters. The van der Waals surface area contributed by atoms with Crippen LogP contribution in [0, 0.1) is 0 Å². The van der Waals surface area contributed by atoms with Crippen molar-refractivity contribution in [3.05, 3.63) is 48.6 Å². The zero-order valence-corrected chi connectivity index (χ0v) is 63.0. The summed E-state index contributed by atoms with van der Waals surface area (Å²) in [6.45, 7) is 20.8. The number of carbonyl (C=O) groups is 1. The van der Waals surface area contributed by atoms with Crippen LogP contribution < -0.4 is 0 Å². The highest BCUT2D eigenvalue weighted by Crippen LogP contribution is 2.24. The summed E-state index contributed by atoms with van der Waals surface area (Å²) >= 11 is 0. The van der Waals surface area contributed by atoms with Crippen LogP contribution in [0.2, 0.25) is 0 Å². The largest absolute Gasteiger partial charge is 0.464 e. The topological polar surface area (TPSA) is 120 Å². The predicted octanol–water partition coefficient (Wildman–Crippen LogP) is 20.6. The Morgan fingerprint density at radius 1 is 0.402 bits per heavy atom. The van der Waals surface area contributed by atoms with Crippen LogP contribution >= 0.6 is 21.6 Å². The predicted molar refractivity (Wildman–Crippen MR) is 407 cm³/mol. The van der Waals surface area contributed by atoms with Crippen LogP contribution in [0.1, 0.15) is 336 Å². The lowest BCUT2D eigenvalue weighted by atomic mass is 10.0. The van der Waals surface area contributed by atoms with E-state index >= 15 is 0 Å². The summed E-state index contributed by atoms with van der Waals surface area (Å²) in [6, 6.07) is 0.0420. The lowest BCUT2D eigenvalue weighted by molar-refractivity contribution is -0.144. The number of esters is 1. The molecule has 12 heteroatoms. The number of ether oxygens (including phenoxy) is 1. The molecule has 10 nitrogen and oxygen atoms in total. The first-order valence-electron chi connectivity index (χ1n) is 39.7. The third-order valence-electron chi connectivity index (χ3n) is 18.9. The molecule has 0 bridgehead atoms. The van der Waals surface area contributed by atoms with Gasteiger partial charge in [-0.05, 0) is 116 Å². The molecule has 0 spiro atoms. The highest BCUT2D eigenvalue weighted by molar-refractivity contribution is 8.76. The fraction of sp³-hybridized carbons (Fsp3) is 0.887. The first kappa shape index (κ1) is 88.8. The van der Waals surface area contributed by atoms with Gasteiger partial charge in [0.25, 0.3) is 0 Å². The van der Waals surface area contributed by atoms with E-state index in [2.05, 4.69) is 103 Å². The highest BCUT2D eigenvalue weighted by Gasteiger charge is 2.23. The summed E-state index contributed by atoms with van der Waals surface area (Å²) in [5, 5.41) is 44.8. The molecular weight excluding hydrogens is 1180 g/mol. The van der Waals surface area contributed by atoms with E-state index in [0.29, 0.717) is 45.6 Å². The van der Waals surface area contributed by atoms with Gasteiger partial charge in [0.15, 0.2) is 0 Å². The van der Waals surface area contributed by atoms with Gasteiger partial charge >= 0.3 is 5.97 Å².